The largest absolute Gasteiger partial charge is 0.356 e. The number of carbonyl (C=O) groups excluding carboxylic acids is 1. The predicted molar refractivity (Wildman–Crippen MR) is 94.4 cm³/mol. The molecule has 1 N–H and O–H groups in total. The number of amides is 1. The fourth-order valence-electron chi connectivity index (χ4n) is 6.92. The molecule has 1 amide bonds. The maximum atomic E-state index is 13.1. The molecule has 1 aromatic rings. The van der Waals surface area contributed by atoms with E-state index >= 15 is 0 Å². The van der Waals surface area contributed by atoms with Gasteiger partial charge in [0.2, 0.25) is 5.91 Å². The first kappa shape index (κ1) is 16.2. The molecule has 24 heavy (non-hydrogen) atoms. The number of carbonyl (C=O) groups is 1. The van der Waals surface area contributed by atoms with E-state index in [-0.39, 0.29) is 5.41 Å². The topological polar surface area (TPSA) is 46.9 Å². The second kappa shape index (κ2) is 5.34. The summed E-state index contributed by atoms with van der Waals surface area (Å²) in [5, 5.41) is 7.58. The third kappa shape index (κ3) is 2.78. The van der Waals surface area contributed by atoms with Crippen molar-refractivity contribution in [2.24, 2.45) is 22.2 Å². The molecule has 0 aromatic carbocycles. The quantitative estimate of drug-likeness (QED) is 0.837. The second-order valence-corrected chi connectivity index (χ2v) is 9.80. The van der Waals surface area contributed by atoms with Gasteiger partial charge in [0, 0.05) is 19.3 Å². The van der Waals surface area contributed by atoms with Crippen molar-refractivity contribution < 1.29 is 4.79 Å². The molecule has 0 spiro atoms. The molecular formula is C20H31N3O. The molecule has 5 rings (SSSR count). The van der Waals surface area contributed by atoms with Gasteiger partial charge in [0.05, 0.1) is 11.6 Å². The fourth-order valence-corrected chi connectivity index (χ4v) is 6.92. The monoisotopic (exact) mass is 329 g/mol. The molecule has 4 nitrogen and oxygen atoms in total. The summed E-state index contributed by atoms with van der Waals surface area (Å²) in [6, 6.07) is 0. The van der Waals surface area contributed by atoms with Crippen LogP contribution in [0.15, 0.2) is 12.4 Å². The van der Waals surface area contributed by atoms with Crippen LogP contribution in [0.5, 0.6) is 0 Å². The summed E-state index contributed by atoms with van der Waals surface area (Å²) >= 11 is 0. The van der Waals surface area contributed by atoms with Crippen LogP contribution in [0.25, 0.3) is 0 Å². The van der Waals surface area contributed by atoms with Gasteiger partial charge < -0.3 is 5.32 Å². The Bertz CT molecular complexity index is 631. The summed E-state index contributed by atoms with van der Waals surface area (Å²) in [4.78, 5) is 13.1. The van der Waals surface area contributed by atoms with Gasteiger partial charge in [0.15, 0.2) is 0 Å². The lowest BCUT2D eigenvalue weighted by Crippen LogP contribution is -2.59. The van der Waals surface area contributed by atoms with Crippen LogP contribution < -0.4 is 5.32 Å². The molecule has 4 fully saturated rings. The number of hydrogen-bond donors (Lipinski definition) is 1. The number of aryl methyl sites for hydroxylation is 2. The van der Waals surface area contributed by atoms with E-state index in [0.717, 1.165) is 44.7 Å². The standard InChI is InChI=1S/C20H31N3O/c1-15-10-22-23(11-15)6-4-5-21-17(24)20-9-16-7-18(2,13-20)12-19(3,8-16)14-20/h10-11,16H,4-9,12-14H2,1-3H3,(H,21,24)/t16?,18-,19-,20?/m0/s1. The Hall–Kier alpha value is -1.32. The van der Waals surface area contributed by atoms with E-state index in [4.69, 9.17) is 0 Å². The number of nitrogens with one attached hydrogen (secondary N) is 1. The Morgan fingerprint density at radius 3 is 2.54 bits per heavy atom. The minimum Gasteiger partial charge on any atom is -0.356 e. The fraction of sp³-hybridized carbons (Fsp3) is 0.800. The molecule has 0 saturated heterocycles. The van der Waals surface area contributed by atoms with Crippen LogP contribution in [-0.2, 0) is 11.3 Å². The van der Waals surface area contributed by atoms with Gasteiger partial charge in [0.1, 0.15) is 0 Å². The molecule has 4 aliphatic carbocycles. The Balaban J connectivity index is 1.36. The van der Waals surface area contributed by atoms with Crippen molar-refractivity contribution in [1.29, 1.82) is 0 Å². The van der Waals surface area contributed by atoms with E-state index in [1.54, 1.807) is 0 Å². The van der Waals surface area contributed by atoms with Crippen LogP contribution in [0.1, 0.15) is 64.4 Å². The maximum Gasteiger partial charge on any atom is 0.226 e. The molecule has 4 aliphatic rings. The molecule has 1 aromatic heterocycles. The van der Waals surface area contributed by atoms with Crippen molar-refractivity contribution in [2.45, 2.75) is 72.3 Å². The van der Waals surface area contributed by atoms with Crippen LogP contribution in [0.3, 0.4) is 0 Å². The van der Waals surface area contributed by atoms with Gasteiger partial charge in [-0.15, -0.1) is 0 Å². The van der Waals surface area contributed by atoms with Gasteiger partial charge in [-0.3, -0.25) is 9.48 Å². The van der Waals surface area contributed by atoms with E-state index in [1.165, 1.54) is 24.8 Å². The highest BCUT2D eigenvalue weighted by molar-refractivity contribution is 5.83. The molecule has 2 atom stereocenters. The summed E-state index contributed by atoms with van der Waals surface area (Å²) in [6.07, 6.45) is 12.2. The third-order valence-electron chi connectivity index (χ3n) is 6.72. The van der Waals surface area contributed by atoms with Gasteiger partial charge in [-0.2, -0.15) is 5.10 Å². The van der Waals surface area contributed by atoms with E-state index < -0.39 is 0 Å². The van der Waals surface area contributed by atoms with Crippen LogP contribution in [0.4, 0.5) is 0 Å². The molecule has 1 heterocycles. The first-order valence-electron chi connectivity index (χ1n) is 9.57. The predicted octanol–water partition coefficient (Wildman–Crippen LogP) is 3.69. The Kier molecular flexibility index (Phi) is 3.59. The SMILES string of the molecule is Cc1cnn(CCCNC(=O)C23CC4C[C@](C)(C2)C[C@](C)(C4)C3)c1. The van der Waals surface area contributed by atoms with Crippen molar-refractivity contribution in [2.75, 3.05) is 6.54 Å². The first-order chi connectivity index (χ1) is 11.3. The van der Waals surface area contributed by atoms with Crippen molar-refractivity contribution in [1.82, 2.24) is 15.1 Å². The zero-order chi connectivity index (χ0) is 17.0. The molecule has 0 aliphatic heterocycles. The van der Waals surface area contributed by atoms with E-state index in [9.17, 15) is 4.79 Å². The minimum absolute atomic E-state index is 0.0782. The molecule has 4 saturated carbocycles. The number of hydrogen-bond acceptors (Lipinski definition) is 2. The summed E-state index contributed by atoms with van der Waals surface area (Å²) in [5.41, 5.74) is 1.91. The van der Waals surface area contributed by atoms with Crippen LogP contribution in [0.2, 0.25) is 0 Å². The van der Waals surface area contributed by atoms with E-state index in [0.29, 0.717) is 16.7 Å². The smallest absolute Gasteiger partial charge is 0.226 e. The van der Waals surface area contributed by atoms with Gasteiger partial charge in [-0.05, 0) is 74.2 Å². The average Bonchev–Trinajstić information content (AvgIpc) is 2.85. The van der Waals surface area contributed by atoms with Gasteiger partial charge in [-0.1, -0.05) is 13.8 Å². The summed E-state index contributed by atoms with van der Waals surface area (Å²) < 4.78 is 1.97. The lowest BCUT2D eigenvalue weighted by atomic mass is 9.40. The average molecular weight is 329 g/mol. The minimum atomic E-state index is -0.0782. The van der Waals surface area contributed by atoms with Gasteiger partial charge >= 0.3 is 0 Å². The second-order valence-electron chi connectivity index (χ2n) is 9.80. The lowest BCUT2D eigenvalue weighted by molar-refractivity contribution is -0.170. The molecule has 0 unspecified atom stereocenters. The summed E-state index contributed by atoms with van der Waals surface area (Å²) in [7, 11) is 0. The number of aromatic nitrogens is 2. The van der Waals surface area contributed by atoms with Gasteiger partial charge in [-0.25, -0.2) is 0 Å². The highest BCUT2D eigenvalue weighted by Gasteiger charge is 2.62. The van der Waals surface area contributed by atoms with Gasteiger partial charge in [0.25, 0.3) is 0 Å². The van der Waals surface area contributed by atoms with Crippen molar-refractivity contribution >= 4 is 5.91 Å². The Labute approximate surface area is 145 Å². The van der Waals surface area contributed by atoms with Crippen LogP contribution >= 0.6 is 0 Å². The molecule has 4 bridgehead atoms. The molecule has 132 valence electrons. The van der Waals surface area contributed by atoms with E-state index in [1.807, 2.05) is 10.9 Å². The van der Waals surface area contributed by atoms with Crippen molar-refractivity contribution in [3.63, 3.8) is 0 Å². The number of nitrogens with zero attached hydrogens (tertiary/aromatic N) is 2. The maximum absolute atomic E-state index is 13.1. The third-order valence-corrected chi connectivity index (χ3v) is 6.72. The van der Waals surface area contributed by atoms with Crippen molar-refractivity contribution in [3.05, 3.63) is 18.0 Å². The molecule has 4 heteroatoms. The van der Waals surface area contributed by atoms with Crippen molar-refractivity contribution in [3.8, 4) is 0 Å². The van der Waals surface area contributed by atoms with Crippen LogP contribution in [0, 0.1) is 29.1 Å². The summed E-state index contributed by atoms with van der Waals surface area (Å²) in [6.45, 7) is 8.55. The molecule has 0 radical (unpaired) electrons. The highest BCUT2D eigenvalue weighted by atomic mass is 16.2. The van der Waals surface area contributed by atoms with Crippen LogP contribution in [-0.4, -0.2) is 22.2 Å². The normalized spacial score (nSPS) is 40.0. The zero-order valence-corrected chi connectivity index (χ0v) is 15.4. The number of rotatable bonds is 5. The summed E-state index contributed by atoms with van der Waals surface area (Å²) in [5.74, 6) is 1.11. The zero-order valence-electron chi connectivity index (χ0n) is 15.4. The lowest BCUT2D eigenvalue weighted by Gasteiger charge is -2.64. The highest BCUT2D eigenvalue weighted by Crippen LogP contribution is 2.69. The Morgan fingerprint density at radius 1 is 1.25 bits per heavy atom. The molecular weight excluding hydrogens is 298 g/mol. The Morgan fingerprint density at radius 2 is 1.96 bits per heavy atom. The van der Waals surface area contributed by atoms with E-state index in [2.05, 4.69) is 37.4 Å². The first-order valence-corrected chi connectivity index (χ1v) is 9.57.